The van der Waals surface area contributed by atoms with Gasteiger partial charge in [0.05, 0.1) is 12.6 Å². The minimum Gasteiger partial charge on any atom is -0.388 e. The molecule has 2 aliphatic rings. The minimum atomic E-state index is -0.705. The number of nitrogens with zero attached hydrogens (tertiary/aromatic N) is 1. The van der Waals surface area contributed by atoms with E-state index in [0.717, 1.165) is 18.7 Å². The van der Waals surface area contributed by atoms with E-state index in [2.05, 4.69) is 18.7 Å². The molecule has 0 saturated carbocycles. The summed E-state index contributed by atoms with van der Waals surface area (Å²) >= 11 is 0. The number of hydrogen-bond donors (Lipinski definition) is 1. The Hall–Kier alpha value is -1.02. The molecule has 6 heteroatoms. The molecule has 1 aromatic carbocycles. The Morgan fingerprint density at radius 2 is 1.88 bits per heavy atom. The molecule has 1 N–H and O–H groups in total. The predicted molar refractivity (Wildman–Crippen MR) is 88.4 cm³/mol. The van der Waals surface area contributed by atoms with Crippen LogP contribution in [0.15, 0.2) is 30.3 Å². The van der Waals surface area contributed by atoms with E-state index in [1.54, 1.807) is 7.11 Å². The Labute approximate surface area is 143 Å². The van der Waals surface area contributed by atoms with Crippen LogP contribution in [0.25, 0.3) is 0 Å². The highest BCUT2D eigenvalue weighted by Gasteiger charge is 2.50. The molecule has 2 saturated heterocycles. The van der Waals surface area contributed by atoms with Crippen LogP contribution in [0.5, 0.6) is 0 Å². The van der Waals surface area contributed by atoms with E-state index in [1.807, 2.05) is 30.3 Å². The molecule has 0 amide bonds. The molecule has 2 heterocycles. The fourth-order valence-electron chi connectivity index (χ4n) is 3.59. The molecule has 2 fully saturated rings. The first-order chi connectivity index (χ1) is 11.7. The molecule has 2 aliphatic heterocycles. The Bertz CT molecular complexity index is 509. The van der Waals surface area contributed by atoms with Crippen molar-refractivity contribution in [1.29, 1.82) is 0 Å². The number of ether oxygens (including phenoxy) is 4. The highest BCUT2D eigenvalue weighted by atomic mass is 16.7. The van der Waals surface area contributed by atoms with E-state index >= 15 is 0 Å². The second-order valence-corrected chi connectivity index (χ2v) is 6.16. The van der Waals surface area contributed by atoms with E-state index in [0.29, 0.717) is 6.61 Å². The second-order valence-electron chi connectivity index (χ2n) is 6.16. The number of methoxy groups -OCH3 is 1. The van der Waals surface area contributed by atoms with Gasteiger partial charge in [-0.1, -0.05) is 44.2 Å². The molecule has 0 bridgehead atoms. The topological polar surface area (TPSA) is 60.4 Å². The van der Waals surface area contributed by atoms with Crippen LogP contribution in [0.3, 0.4) is 0 Å². The summed E-state index contributed by atoms with van der Waals surface area (Å²) < 4.78 is 23.4. The van der Waals surface area contributed by atoms with Gasteiger partial charge in [-0.15, -0.1) is 0 Å². The molecule has 0 radical (unpaired) electrons. The van der Waals surface area contributed by atoms with E-state index in [1.165, 1.54) is 0 Å². The summed E-state index contributed by atoms with van der Waals surface area (Å²) in [6.45, 7) is 6.10. The minimum absolute atomic E-state index is 0.263. The van der Waals surface area contributed by atoms with Crippen LogP contribution in [-0.2, 0) is 18.9 Å². The smallest absolute Gasteiger partial charge is 0.184 e. The van der Waals surface area contributed by atoms with Gasteiger partial charge in [-0.2, -0.15) is 0 Å². The molecule has 0 aromatic heterocycles. The lowest BCUT2D eigenvalue weighted by Crippen LogP contribution is -2.66. The number of hydrogen-bond acceptors (Lipinski definition) is 6. The fraction of sp³-hybridized carbons (Fsp3) is 0.667. The first kappa shape index (κ1) is 17.8. The zero-order chi connectivity index (χ0) is 17.1. The Kier molecular flexibility index (Phi) is 5.86. The molecule has 0 spiro atoms. The summed E-state index contributed by atoms with van der Waals surface area (Å²) in [5.74, 6) is 0. The predicted octanol–water partition coefficient (Wildman–Crippen LogP) is 1.54. The van der Waals surface area contributed by atoms with Crippen molar-refractivity contribution in [3.05, 3.63) is 35.9 Å². The van der Waals surface area contributed by atoms with Gasteiger partial charge in [0, 0.05) is 12.7 Å². The number of likely N-dealkylation sites (N-methyl/N-ethyl adjacent to an activating group) is 1. The molecule has 1 aromatic rings. The summed E-state index contributed by atoms with van der Waals surface area (Å²) in [5.41, 5.74) is 0.941. The quantitative estimate of drug-likeness (QED) is 0.880. The maximum absolute atomic E-state index is 11.0. The van der Waals surface area contributed by atoms with Crippen molar-refractivity contribution < 1.29 is 24.1 Å². The van der Waals surface area contributed by atoms with Crippen LogP contribution < -0.4 is 0 Å². The van der Waals surface area contributed by atoms with Gasteiger partial charge in [0.1, 0.15) is 18.3 Å². The van der Waals surface area contributed by atoms with Gasteiger partial charge in [-0.25, -0.2) is 0 Å². The number of rotatable bonds is 5. The number of fused-ring (bicyclic) bond motifs is 1. The highest BCUT2D eigenvalue weighted by Crippen LogP contribution is 2.35. The maximum atomic E-state index is 11.0. The zero-order valence-electron chi connectivity index (χ0n) is 14.5. The summed E-state index contributed by atoms with van der Waals surface area (Å²) in [6, 6.07) is 9.50. The SMILES string of the molecule is CCN(CC)[C@H]1[C@@H](OC)O[C@@H]2CO[C@@H](c3ccccc3)O[C@H]2[C@@H]1O. The summed E-state index contributed by atoms with van der Waals surface area (Å²) in [4.78, 5) is 2.14. The molecular weight excluding hydrogens is 310 g/mol. The van der Waals surface area contributed by atoms with E-state index < -0.39 is 24.8 Å². The molecule has 3 rings (SSSR count). The molecule has 24 heavy (non-hydrogen) atoms. The van der Waals surface area contributed by atoms with E-state index in [-0.39, 0.29) is 12.1 Å². The molecular formula is C18H27NO5. The van der Waals surface area contributed by atoms with Gasteiger partial charge in [0.25, 0.3) is 0 Å². The average molecular weight is 337 g/mol. The third kappa shape index (κ3) is 3.35. The molecule has 0 aliphatic carbocycles. The van der Waals surface area contributed by atoms with Crippen LogP contribution in [-0.4, -0.2) is 67.5 Å². The van der Waals surface area contributed by atoms with Crippen molar-refractivity contribution in [1.82, 2.24) is 4.90 Å². The summed E-state index contributed by atoms with van der Waals surface area (Å²) in [6.07, 6.45) is -2.47. The van der Waals surface area contributed by atoms with Crippen LogP contribution >= 0.6 is 0 Å². The van der Waals surface area contributed by atoms with Crippen LogP contribution in [0, 0.1) is 0 Å². The largest absolute Gasteiger partial charge is 0.388 e. The highest BCUT2D eigenvalue weighted by molar-refractivity contribution is 5.16. The Morgan fingerprint density at radius 1 is 1.17 bits per heavy atom. The molecule has 6 nitrogen and oxygen atoms in total. The second kappa shape index (κ2) is 7.91. The van der Waals surface area contributed by atoms with Gasteiger partial charge >= 0.3 is 0 Å². The van der Waals surface area contributed by atoms with Crippen molar-refractivity contribution in [3.8, 4) is 0 Å². The summed E-state index contributed by atoms with van der Waals surface area (Å²) in [7, 11) is 1.60. The lowest BCUT2D eigenvalue weighted by atomic mass is 9.94. The number of benzene rings is 1. The van der Waals surface area contributed by atoms with Crippen molar-refractivity contribution in [2.24, 2.45) is 0 Å². The zero-order valence-corrected chi connectivity index (χ0v) is 14.5. The van der Waals surface area contributed by atoms with Gasteiger partial charge in [-0.3, -0.25) is 4.90 Å². The normalized spacial score (nSPS) is 36.5. The van der Waals surface area contributed by atoms with Crippen molar-refractivity contribution in [2.45, 2.75) is 50.8 Å². The third-order valence-electron chi connectivity index (χ3n) is 4.87. The lowest BCUT2D eigenvalue weighted by molar-refractivity contribution is -0.350. The van der Waals surface area contributed by atoms with Crippen LogP contribution in [0.1, 0.15) is 25.7 Å². The van der Waals surface area contributed by atoms with Gasteiger partial charge in [0.2, 0.25) is 0 Å². The molecule has 0 unspecified atom stereocenters. The van der Waals surface area contributed by atoms with Gasteiger partial charge in [0.15, 0.2) is 12.6 Å². The van der Waals surface area contributed by atoms with Crippen LogP contribution in [0.4, 0.5) is 0 Å². The monoisotopic (exact) mass is 337 g/mol. The first-order valence-corrected chi connectivity index (χ1v) is 8.62. The number of aliphatic hydroxyl groups excluding tert-OH is 1. The third-order valence-corrected chi connectivity index (χ3v) is 4.87. The fourth-order valence-corrected chi connectivity index (χ4v) is 3.59. The standard InChI is InChI=1S/C18H27NO5/c1-4-19(5-2)14-15(20)16-13(23-18(14)21-3)11-22-17(24-16)12-9-7-6-8-10-12/h6-10,13-18,20H,4-5,11H2,1-3H3/t13-,14-,15-,16-,17-,18+/m1/s1. The molecule has 134 valence electrons. The maximum Gasteiger partial charge on any atom is 0.184 e. The first-order valence-electron chi connectivity index (χ1n) is 8.62. The summed E-state index contributed by atoms with van der Waals surface area (Å²) in [5, 5.41) is 11.0. The Morgan fingerprint density at radius 3 is 2.50 bits per heavy atom. The average Bonchev–Trinajstić information content (AvgIpc) is 2.64. The number of aliphatic hydroxyl groups is 1. The van der Waals surface area contributed by atoms with Crippen molar-refractivity contribution in [2.75, 3.05) is 26.8 Å². The molecule has 6 atom stereocenters. The van der Waals surface area contributed by atoms with E-state index in [9.17, 15) is 5.11 Å². The van der Waals surface area contributed by atoms with Gasteiger partial charge in [-0.05, 0) is 13.1 Å². The van der Waals surface area contributed by atoms with Gasteiger partial charge < -0.3 is 24.1 Å². The Balaban J connectivity index is 1.79. The lowest BCUT2D eigenvalue weighted by Gasteiger charge is -2.50. The van der Waals surface area contributed by atoms with Crippen molar-refractivity contribution >= 4 is 0 Å². The van der Waals surface area contributed by atoms with Crippen LogP contribution in [0.2, 0.25) is 0 Å². The van der Waals surface area contributed by atoms with Crippen molar-refractivity contribution in [3.63, 3.8) is 0 Å². The van der Waals surface area contributed by atoms with E-state index in [4.69, 9.17) is 18.9 Å².